The van der Waals surface area contributed by atoms with Crippen molar-refractivity contribution in [1.29, 1.82) is 0 Å². The molecule has 0 spiro atoms. The van der Waals surface area contributed by atoms with Crippen molar-refractivity contribution in [3.05, 3.63) is 23.8 Å². The van der Waals surface area contributed by atoms with Crippen LogP contribution in [-0.4, -0.2) is 49.8 Å². The maximum absolute atomic E-state index is 12.4. The van der Waals surface area contributed by atoms with Crippen molar-refractivity contribution in [3.63, 3.8) is 0 Å². The van der Waals surface area contributed by atoms with Gasteiger partial charge in [-0.05, 0) is 38.5 Å². The minimum atomic E-state index is -1.43. The van der Waals surface area contributed by atoms with Gasteiger partial charge in [0.05, 0.1) is 13.2 Å². The number of hydrogen-bond donors (Lipinski definition) is 2. The van der Waals surface area contributed by atoms with Gasteiger partial charge >= 0.3 is 24.2 Å². The van der Waals surface area contributed by atoms with Gasteiger partial charge in [0.15, 0.2) is 11.5 Å². The average molecular weight is 442 g/mol. The molecule has 1 atom stereocenters. The summed E-state index contributed by atoms with van der Waals surface area (Å²) in [4.78, 5) is 46.6. The molecule has 0 aromatic heterocycles. The van der Waals surface area contributed by atoms with Crippen molar-refractivity contribution in [2.75, 3.05) is 20.0 Å². The van der Waals surface area contributed by atoms with Crippen LogP contribution >= 0.6 is 0 Å². The van der Waals surface area contributed by atoms with E-state index in [1.54, 1.807) is 13.8 Å². The molecule has 0 saturated carbocycles. The van der Waals surface area contributed by atoms with Gasteiger partial charge in [-0.25, -0.2) is 19.8 Å². The number of nitrogens with one attached hydrogen (secondary N) is 1. The molecule has 1 rings (SSSR count). The van der Waals surface area contributed by atoms with Crippen molar-refractivity contribution in [2.45, 2.75) is 39.7 Å². The fourth-order valence-corrected chi connectivity index (χ4v) is 2.22. The molecule has 172 valence electrons. The zero-order chi connectivity index (χ0) is 23.4. The van der Waals surface area contributed by atoms with Crippen LogP contribution in [0.2, 0.25) is 0 Å². The first-order valence-electron chi connectivity index (χ1n) is 9.25. The van der Waals surface area contributed by atoms with Crippen LogP contribution in [0, 0.1) is 0 Å². The van der Waals surface area contributed by atoms with E-state index in [4.69, 9.17) is 29.5 Å². The van der Waals surface area contributed by atoms with Gasteiger partial charge in [-0.15, -0.1) is 0 Å². The molecule has 0 aliphatic carbocycles. The normalized spacial score (nSPS) is 12.2. The number of carbonyl (C=O) groups is 4. The number of hydrazine groups is 1. The summed E-state index contributed by atoms with van der Waals surface area (Å²) in [7, 11) is 0. The highest BCUT2D eigenvalue weighted by molar-refractivity contribution is 5.81. The third kappa shape index (κ3) is 8.48. The highest BCUT2D eigenvalue weighted by Crippen LogP contribution is 2.31. The summed E-state index contributed by atoms with van der Waals surface area (Å²) in [6.45, 7) is 5.39. The highest BCUT2D eigenvalue weighted by atomic mass is 16.7. The lowest BCUT2D eigenvalue weighted by Crippen LogP contribution is -2.55. The van der Waals surface area contributed by atoms with Crippen LogP contribution in [0.4, 0.5) is 9.59 Å². The lowest BCUT2D eigenvalue weighted by molar-refractivity contribution is -0.170. The number of ether oxygens (including phenoxy) is 6. The van der Waals surface area contributed by atoms with Crippen molar-refractivity contribution < 1.29 is 47.6 Å². The van der Waals surface area contributed by atoms with Gasteiger partial charge in [0, 0.05) is 13.3 Å². The summed E-state index contributed by atoms with van der Waals surface area (Å²) in [5.41, 5.74) is 1.39. The van der Waals surface area contributed by atoms with E-state index in [0.717, 1.165) is 0 Å². The number of benzene rings is 1. The lowest BCUT2D eigenvalue weighted by atomic mass is 9.93. The van der Waals surface area contributed by atoms with E-state index >= 15 is 0 Å². The van der Waals surface area contributed by atoms with E-state index in [-0.39, 0.29) is 31.1 Å². The van der Waals surface area contributed by atoms with Crippen molar-refractivity contribution >= 4 is 24.2 Å². The molecule has 0 aliphatic heterocycles. The Kier molecular flexibility index (Phi) is 10.2. The summed E-state index contributed by atoms with van der Waals surface area (Å²) in [6.07, 6.45) is -2.04. The lowest BCUT2D eigenvalue weighted by Gasteiger charge is -2.26. The zero-order valence-electron chi connectivity index (χ0n) is 17.7. The average Bonchev–Trinajstić information content (AvgIpc) is 2.69. The number of carbonyl (C=O) groups excluding carboxylic acids is 4. The van der Waals surface area contributed by atoms with Crippen molar-refractivity contribution in [2.24, 2.45) is 5.84 Å². The molecule has 0 bridgehead atoms. The van der Waals surface area contributed by atoms with E-state index in [0.29, 0.717) is 5.56 Å². The van der Waals surface area contributed by atoms with E-state index in [1.165, 1.54) is 32.0 Å². The Bertz CT molecular complexity index is 798. The zero-order valence-corrected chi connectivity index (χ0v) is 17.7. The fourth-order valence-electron chi connectivity index (χ4n) is 2.22. The van der Waals surface area contributed by atoms with Crippen LogP contribution in [0.15, 0.2) is 18.2 Å². The molecule has 0 aliphatic rings. The number of nitrogens with two attached hydrogens (primary N) is 1. The summed E-state index contributed by atoms with van der Waals surface area (Å²) in [5, 5.41) is 0. The summed E-state index contributed by atoms with van der Waals surface area (Å²) in [6, 6.07) is 4.23. The van der Waals surface area contributed by atoms with Crippen LogP contribution in [-0.2, 0) is 35.0 Å². The van der Waals surface area contributed by atoms with E-state index in [1.807, 2.05) is 0 Å². The van der Waals surface area contributed by atoms with Gasteiger partial charge < -0.3 is 28.4 Å². The summed E-state index contributed by atoms with van der Waals surface area (Å²) >= 11 is 0. The van der Waals surface area contributed by atoms with Gasteiger partial charge in [-0.2, -0.15) is 0 Å². The molecular weight excluding hydrogens is 416 g/mol. The van der Waals surface area contributed by atoms with Crippen molar-refractivity contribution in [3.8, 4) is 11.5 Å². The van der Waals surface area contributed by atoms with Gasteiger partial charge in [-0.1, -0.05) is 6.07 Å². The van der Waals surface area contributed by atoms with Crippen LogP contribution in [0.5, 0.6) is 11.5 Å². The highest BCUT2D eigenvalue weighted by Gasteiger charge is 2.34. The Labute approximate surface area is 178 Å². The molecule has 12 heteroatoms. The van der Waals surface area contributed by atoms with Crippen LogP contribution in [0.1, 0.15) is 33.3 Å². The smallest absolute Gasteiger partial charge is 0.434 e. The third-order valence-corrected chi connectivity index (χ3v) is 3.70. The number of rotatable bonds is 10. The second-order valence-electron chi connectivity index (χ2n) is 6.19. The molecule has 31 heavy (non-hydrogen) atoms. The molecule has 0 radical (unpaired) electrons. The van der Waals surface area contributed by atoms with Crippen molar-refractivity contribution in [1.82, 2.24) is 5.43 Å². The standard InChI is InChI=1S/C19H26N2O10/c1-5-26-17(24)30-14-8-7-13(9-15(14)31-18(25)27-6-2)10-19(4,21-20)16(23)29-11-28-12(3)22/h7-9,21H,5-6,10-11,20H2,1-4H3. The monoisotopic (exact) mass is 442 g/mol. The Balaban J connectivity index is 3.08. The largest absolute Gasteiger partial charge is 0.513 e. The van der Waals surface area contributed by atoms with Gasteiger partial charge in [0.2, 0.25) is 6.79 Å². The Morgan fingerprint density at radius 1 is 0.935 bits per heavy atom. The second kappa shape index (κ2) is 12.3. The van der Waals surface area contributed by atoms with Crippen LogP contribution < -0.4 is 20.7 Å². The first kappa shape index (κ1) is 25.7. The minimum Gasteiger partial charge on any atom is -0.434 e. The molecule has 0 heterocycles. The topological polar surface area (TPSA) is 162 Å². The Hall–Kier alpha value is -3.38. The first-order valence-corrected chi connectivity index (χ1v) is 9.25. The predicted octanol–water partition coefficient (Wildman–Crippen LogP) is 1.59. The molecular formula is C19H26N2O10. The predicted molar refractivity (Wildman–Crippen MR) is 104 cm³/mol. The van der Waals surface area contributed by atoms with Gasteiger partial charge in [-0.3, -0.25) is 10.6 Å². The molecule has 0 saturated heterocycles. The molecule has 1 aromatic rings. The van der Waals surface area contributed by atoms with Gasteiger partial charge in [0.1, 0.15) is 5.54 Å². The summed E-state index contributed by atoms with van der Waals surface area (Å²) < 4.78 is 29.0. The van der Waals surface area contributed by atoms with Crippen LogP contribution in [0.25, 0.3) is 0 Å². The number of esters is 2. The van der Waals surface area contributed by atoms with E-state index < -0.39 is 36.6 Å². The molecule has 1 aromatic carbocycles. The van der Waals surface area contributed by atoms with E-state index in [2.05, 4.69) is 10.2 Å². The van der Waals surface area contributed by atoms with Gasteiger partial charge in [0.25, 0.3) is 0 Å². The maximum Gasteiger partial charge on any atom is 0.513 e. The quantitative estimate of drug-likeness (QED) is 0.135. The second-order valence-corrected chi connectivity index (χ2v) is 6.19. The SMILES string of the molecule is CCOC(=O)Oc1ccc(CC(C)(NN)C(=O)OCOC(C)=O)cc1OC(=O)OCC. The molecule has 1 unspecified atom stereocenters. The Morgan fingerprint density at radius 3 is 2.03 bits per heavy atom. The maximum atomic E-state index is 12.4. The summed E-state index contributed by atoms with van der Waals surface area (Å²) in [5.74, 6) is 3.87. The molecule has 12 nitrogen and oxygen atoms in total. The Morgan fingerprint density at radius 2 is 1.52 bits per heavy atom. The number of hydrogen-bond acceptors (Lipinski definition) is 12. The minimum absolute atomic E-state index is 0.0265. The third-order valence-electron chi connectivity index (χ3n) is 3.70. The molecule has 0 amide bonds. The first-order chi connectivity index (χ1) is 14.6. The molecule has 3 N–H and O–H groups in total. The van der Waals surface area contributed by atoms with Crippen LogP contribution in [0.3, 0.4) is 0 Å². The fraction of sp³-hybridized carbons (Fsp3) is 0.474. The van der Waals surface area contributed by atoms with E-state index in [9.17, 15) is 19.2 Å². The molecule has 0 fully saturated rings.